The number of nitrogens with zero attached hydrogens (tertiary/aromatic N) is 5. The van der Waals surface area contributed by atoms with Gasteiger partial charge in [0.15, 0.2) is 17.5 Å². The molecule has 2 heterocycles. The minimum atomic E-state index is 0.525. The lowest BCUT2D eigenvalue weighted by Crippen LogP contribution is -2.02. The minimum absolute atomic E-state index is 0.525. The fraction of sp³-hybridized carbons (Fsp3) is 0. The highest BCUT2D eigenvalue weighted by Crippen LogP contribution is 2.40. The highest BCUT2D eigenvalue weighted by atomic mass is 15.0. The van der Waals surface area contributed by atoms with Crippen LogP contribution in [0, 0.1) is 11.3 Å². The van der Waals surface area contributed by atoms with E-state index in [2.05, 4.69) is 114 Å². The van der Waals surface area contributed by atoms with Crippen LogP contribution < -0.4 is 0 Å². The zero-order valence-electron chi connectivity index (χ0n) is 30.8. The third-order valence-corrected chi connectivity index (χ3v) is 10.5. The largest absolute Gasteiger partial charge is 0.309 e. The number of fused-ring (bicyclic) bond motifs is 3. The van der Waals surface area contributed by atoms with Crippen molar-refractivity contribution in [1.82, 2.24) is 19.5 Å². The van der Waals surface area contributed by atoms with E-state index in [4.69, 9.17) is 15.0 Å². The Labute approximate surface area is 330 Å². The number of benzene rings is 8. The maximum atomic E-state index is 10.4. The van der Waals surface area contributed by atoms with Crippen LogP contribution >= 0.6 is 0 Å². The van der Waals surface area contributed by atoms with Gasteiger partial charge in [0.2, 0.25) is 0 Å². The molecule has 2 aromatic heterocycles. The number of nitriles is 1. The molecule has 0 fully saturated rings. The Morgan fingerprint density at radius 3 is 1.32 bits per heavy atom. The normalized spacial score (nSPS) is 11.1. The standard InChI is InChI=1S/C52H33N5/c53-34-41-23-13-14-24-43(41)47-33-42(27-30-46(47)52-55-50(37-19-9-3-10-20-37)54-51(56-52)38-21-11-4-12-22-38)57-48-31-39(35-15-5-1-6-16-35)25-28-44(48)45-29-26-40(32-49(45)57)36-17-7-2-8-18-36/h1-33H. The van der Waals surface area contributed by atoms with E-state index in [1.54, 1.807) is 0 Å². The van der Waals surface area contributed by atoms with Gasteiger partial charge in [0.1, 0.15) is 0 Å². The Balaban J connectivity index is 1.26. The minimum Gasteiger partial charge on any atom is -0.309 e. The van der Waals surface area contributed by atoms with Gasteiger partial charge in [-0.05, 0) is 64.2 Å². The van der Waals surface area contributed by atoms with Crippen molar-refractivity contribution in [3.05, 3.63) is 206 Å². The molecule has 8 aromatic carbocycles. The molecule has 0 radical (unpaired) electrons. The van der Waals surface area contributed by atoms with Crippen molar-refractivity contribution in [2.24, 2.45) is 0 Å². The lowest BCUT2D eigenvalue weighted by atomic mass is 9.94. The van der Waals surface area contributed by atoms with E-state index >= 15 is 0 Å². The van der Waals surface area contributed by atoms with Crippen LogP contribution in [0.1, 0.15) is 5.56 Å². The summed E-state index contributed by atoms with van der Waals surface area (Å²) in [6.07, 6.45) is 0. The summed E-state index contributed by atoms with van der Waals surface area (Å²) >= 11 is 0. The van der Waals surface area contributed by atoms with Crippen molar-refractivity contribution in [2.45, 2.75) is 0 Å². The first kappa shape index (κ1) is 33.6. The van der Waals surface area contributed by atoms with Crippen LogP contribution in [-0.4, -0.2) is 19.5 Å². The van der Waals surface area contributed by atoms with Crippen LogP contribution in [0.15, 0.2) is 200 Å². The monoisotopic (exact) mass is 727 g/mol. The molecule has 0 atom stereocenters. The highest BCUT2D eigenvalue weighted by Gasteiger charge is 2.21. The highest BCUT2D eigenvalue weighted by molar-refractivity contribution is 6.11. The second-order valence-corrected chi connectivity index (χ2v) is 14.0. The van der Waals surface area contributed by atoms with Crippen molar-refractivity contribution in [3.8, 4) is 79.3 Å². The molecule has 0 aliphatic rings. The molecule has 5 nitrogen and oxygen atoms in total. The maximum absolute atomic E-state index is 10.4. The van der Waals surface area contributed by atoms with Gasteiger partial charge < -0.3 is 4.57 Å². The molecule has 10 rings (SSSR count). The molecule has 266 valence electrons. The first-order valence-electron chi connectivity index (χ1n) is 18.9. The fourth-order valence-electron chi connectivity index (χ4n) is 7.75. The van der Waals surface area contributed by atoms with Gasteiger partial charge in [-0.1, -0.05) is 164 Å². The molecule has 0 N–H and O–H groups in total. The zero-order chi connectivity index (χ0) is 38.1. The molecular weight excluding hydrogens is 695 g/mol. The first-order valence-corrected chi connectivity index (χ1v) is 18.9. The van der Waals surface area contributed by atoms with Crippen molar-refractivity contribution in [3.63, 3.8) is 0 Å². The lowest BCUT2D eigenvalue weighted by Gasteiger charge is -2.16. The third-order valence-electron chi connectivity index (χ3n) is 10.5. The van der Waals surface area contributed by atoms with Crippen molar-refractivity contribution >= 4 is 21.8 Å². The Morgan fingerprint density at radius 1 is 0.351 bits per heavy atom. The van der Waals surface area contributed by atoms with E-state index < -0.39 is 0 Å². The molecular formula is C52H33N5. The third kappa shape index (κ3) is 6.22. The van der Waals surface area contributed by atoms with Crippen LogP contribution in [0.5, 0.6) is 0 Å². The number of aromatic nitrogens is 4. The van der Waals surface area contributed by atoms with Gasteiger partial charge in [-0.2, -0.15) is 5.26 Å². The summed E-state index contributed by atoms with van der Waals surface area (Å²) in [6, 6.07) is 71.0. The van der Waals surface area contributed by atoms with Crippen LogP contribution in [-0.2, 0) is 0 Å². The maximum Gasteiger partial charge on any atom is 0.164 e. The van der Waals surface area contributed by atoms with Crippen LogP contribution in [0.2, 0.25) is 0 Å². The van der Waals surface area contributed by atoms with Gasteiger partial charge in [0.05, 0.1) is 22.7 Å². The molecule has 0 saturated heterocycles. The van der Waals surface area contributed by atoms with E-state index in [1.807, 2.05) is 97.1 Å². The molecule has 0 unspecified atom stereocenters. The Hall–Kier alpha value is -7.94. The van der Waals surface area contributed by atoms with Crippen LogP contribution in [0.25, 0.3) is 95.0 Å². The predicted molar refractivity (Wildman–Crippen MR) is 231 cm³/mol. The van der Waals surface area contributed by atoms with E-state index in [0.717, 1.165) is 77.6 Å². The van der Waals surface area contributed by atoms with Gasteiger partial charge in [0, 0.05) is 38.7 Å². The van der Waals surface area contributed by atoms with Gasteiger partial charge >= 0.3 is 0 Å². The van der Waals surface area contributed by atoms with Crippen molar-refractivity contribution < 1.29 is 0 Å². The fourth-order valence-corrected chi connectivity index (χ4v) is 7.75. The molecule has 10 aromatic rings. The molecule has 0 aliphatic heterocycles. The first-order chi connectivity index (χ1) is 28.2. The number of hydrogen-bond acceptors (Lipinski definition) is 4. The van der Waals surface area contributed by atoms with Crippen LogP contribution in [0.4, 0.5) is 0 Å². The van der Waals surface area contributed by atoms with Gasteiger partial charge in [-0.3, -0.25) is 0 Å². The molecule has 5 heteroatoms. The van der Waals surface area contributed by atoms with Gasteiger partial charge in [-0.15, -0.1) is 0 Å². The summed E-state index contributed by atoms with van der Waals surface area (Å²) in [5.41, 5.74) is 12.5. The summed E-state index contributed by atoms with van der Waals surface area (Å²) in [6.45, 7) is 0. The topological polar surface area (TPSA) is 67.4 Å². The van der Waals surface area contributed by atoms with Gasteiger partial charge in [-0.25, -0.2) is 15.0 Å². The number of hydrogen-bond donors (Lipinski definition) is 0. The lowest BCUT2D eigenvalue weighted by molar-refractivity contribution is 1.07. The summed E-state index contributed by atoms with van der Waals surface area (Å²) in [5.74, 6) is 1.68. The Morgan fingerprint density at radius 2 is 0.807 bits per heavy atom. The summed E-state index contributed by atoms with van der Waals surface area (Å²) < 4.78 is 2.35. The van der Waals surface area contributed by atoms with Crippen LogP contribution in [0.3, 0.4) is 0 Å². The van der Waals surface area contributed by atoms with Crippen molar-refractivity contribution in [1.29, 1.82) is 5.26 Å². The molecule has 0 aliphatic carbocycles. The summed E-state index contributed by atoms with van der Waals surface area (Å²) in [4.78, 5) is 15.2. The predicted octanol–water partition coefficient (Wildman–Crippen LogP) is 12.8. The van der Waals surface area contributed by atoms with E-state index in [9.17, 15) is 5.26 Å². The smallest absolute Gasteiger partial charge is 0.164 e. The van der Waals surface area contributed by atoms with E-state index in [1.165, 1.54) is 0 Å². The molecule has 57 heavy (non-hydrogen) atoms. The second-order valence-electron chi connectivity index (χ2n) is 14.0. The Kier molecular flexibility index (Phi) is 8.48. The Bertz CT molecular complexity index is 2960. The quantitative estimate of drug-likeness (QED) is 0.164. The molecule has 0 spiro atoms. The number of rotatable bonds is 7. The van der Waals surface area contributed by atoms with Crippen molar-refractivity contribution in [2.75, 3.05) is 0 Å². The van der Waals surface area contributed by atoms with Gasteiger partial charge in [0.25, 0.3) is 0 Å². The second kappa shape index (κ2) is 14.4. The summed E-state index contributed by atoms with van der Waals surface area (Å²) in [5, 5.41) is 12.8. The van der Waals surface area contributed by atoms with E-state index in [-0.39, 0.29) is 0 Å². The molecule has 0 saturated carbocycles. The van der Waals surface area contributed by atoms with E-state index in [0.29, 0.717) is 23.0 Å². The molecule has 0 amide bonds. The average molecular weight is 728 g/mol. The SMILES string of the molecule is N#Cc1ccccc1-c1cc(-n2c3cc(-c4ccccc4)ccc3c3ccc(-c4ccccc4)cc32)ccc1-c1nc(-c2ccccc2)nc(-c2ccccc2)n1. The summed E-state index contributed by atoms with van der Waals surface area (Å²) in [7, 11) is 0. The zero-order valence-corrected chi connectivity index (χ0v) is 30.8. The molecule has 0 bridgehead atoms. The average Bonchev–Trinajstić information content (AvgIpc) is 3.62.